The molecule has 7 heteroatoms. The number of amides is 1. The fourth-order valence-electron chi connectivity index (χ4n) is 2.67. The number of anilines is 1. The van der Waals surface area contributed by atoms with E-state index in [0.717, 1.165) is 37.7 Å². The molecular formula is C16H22N6O. The van der Waals surface area contributed by atoms with Crippen LogP contribution in [0.1, 0.15) is 19.5 Å². The monoisotopic (exact) mass is 314 g/mol. The van der Waals surface area contributed by atoms with E-state index < -0.39 is 0 Å². The van der Waals surface area contributed by atoms with Gasteiger partial charge < -0.3 is 9.80 Å². The van der Waals surface area contributed by atoms with Crippen molar-refractivity contribution in [3.63, 3.8) is 0 Å². The Morgan fingerprint density at radius 3 is 2.22 bits per heavy atom. The fraction of sp³-hybridized carbons (Fsp3) is 0.500. The molecule has 1 fully saturated rings. The van der Waals surface area contributed by atoms with Crippen LogP contribution >= 0.6 is 0 Å². The summed E-state index contributed by atoms with van der Waals surface area (Å²) in [6.07, 6.45) is 1.87. The van der Waals surface area contributed by atoms with Gasteiger partial charge in [0.1, 0.15) is 0 Å². The van der Waals surface area contributed by atoms with Gasteiger partial charge >= 0.3 is 0 Å². The summed E-state index contributed by atoms with van der Waals surface area (Å²) in [7, 11) is 0. The number of hydrogen-bond donors (Lipinski definition) is 0. The van der Waals surface area contributed by atoms with Gasteiger partial charge in [-0.15, -0.1) is 10.2 Å². The predicted octanol–water partition coefficient (Wildman–Crippen LogP) is 1.28. The summed E-state index contributed by atoms with van der Waals surface area (Å²) in [4.78, 5) is 16.1. The number of piperazine rings is 1. The first-order valence-corrected chi connectivity index (χ1v) is 7.94. The van der Waals surface area contributed by atoms with Crippen molar-refractivity contribution in [3.05, 3.63) is 30.1 Å². The minimum absolute atomic E-state index is 0.0538. The Morgan fingerprint density at radius 2 is 1.70 bits per heavy atom. The van der Waals surface area contributed by atoms with Crippen molar-refractivity contribution < 1.29 is 4.79 Å². The van der Waals surface area contributed by atoms with Gasteiger partial charge in [-0.3, -0.25) is 4.79 Å². The first kappa shape index (κ1) is 15.5. The third-order valence-electron chi connectivity index (χ3n) is 4.00. The third-order valence-corrected chi connectivity index (χ3v) is 4.00. The molecule has 1 amide bonds. The van der Waals surface area contributed by atoms with E-state index in [-0.39, 0.29) is 11.8 Å². The smallest absolute Gasteiger partial charge is 0.225 e. The largest absolute Gasteiger partial charge is 0.352 e. The van der Waals surface area contributed by atoms with Crippen LogP contribution in [0, 0.1) is 12.8 Å². The molecule has 0 atom stereocenters. The Bertz CT molecular complexity index is 670. The molecular weight excluding hydrogens is 292 g/mol. The van der Waals surface area contributed by atoms with Crippen LogP contribution < -0.4 is 4.90 Å². The average molecular weight is 314 g/mol. The van der Waals surface area contributed by atoms with Crippen LogP contribution in [0.25, 0.3) is 5.82 Å². The maximum atomic E-state index is 12.0. The summed E-state index contributed by atoms with van der Waals surface area (Å²) in [5.74, 6) is 1.82. The molecule has 0 unspecified atom stereocenters. The first-order chi connectivity index (χ1) is 11.0. The SMILES string of the molecule is Cc1ccn(-c2ccc(N3CCN(C(=O)C(C)C)CC3)nn2)n1. The molecule has 122 valence electrons. The average Bonchev–Trinajstić information content (AvgIpc) is 3.01. The lowest BCUT2D eigenvalue weighted by molar-refractivity contribution is -0.134. The number of carbonyl (C=O) groups is 1. The molecule has 7 nitrogen and oxygen atoms in total. The van der Waals surface area contributed by atoms with Crippen molar-refractivity contribution in [2.45, 2.75) is 20.8 Å². The Labute approximate surface area is 135 Å². The zero-order valence-electron chi connectivity index (χ0n) is 13.8. The highest BCUT2D eigenvalue weighted by molar-refractivity contribution is 5.78. The normalized spacial score (nSPS) is 15.3. The van der Waals surface area contributed by atoms with Gasteiger partial charge in [-0.25, -0.2) is 4.68 Å². The zero-order chi connectivity index (χ0) is 16.4. The number of hydrogen-bond acceptors (Lipinski definition) is 5. The van der Waals surface area contributed by atoms with Crippen molar-refractivity contribution in [2.24, 2.45) is 5.92 Å². The van der Waals surface area contributed by atoms with E-state index in [1.54, 1.807) is 4.68 Å². The molecule has 0 radical (unpaired) electrons. The number of aromatic nitrogens is 4. The van der Waals surface area contributed by atoms with Gasteiger partial charge in [0.05, 0.1) is 5.69 Å². The third kappa shape index (κ3) is 3.33. The zero-order valence-corrected chi connectivity index (χ0v) is 13.8. The molecule has 0 N–H and O–H groups in total. The summed E-state index contributed by atoms with van der Waals surface area (Å²) >= 11 is 0. The van der Waals surface area contributed by atoms with Gasteiger partial charge in [-0.2, -0.15) is 5.10 Å². The molecule has 0 aliphatic carbocycles. The summed E-state index contributed by atoms with van der Waals surface area (Å²) in [5.41, 5.74) is 0.946. The number of nitrogens with zero attached hydrogens (tertiary/aromatic N) is 6. The highest BCUT2D eigenvalue weighted by Crippen LogP contribution is 2.15. The minimum Gasteiger partial charge on any atom is -0.352 e. The molecule has 1 saturated heterocycles. The van der Waals surface area contributed by atoms with E-state index in [9.17, 15) is 4.79 Å². The molecule has 3 rings (SSSR count). The Morgan fingerprint density at radius 1 is 1.04 bits per heavy atom. The summed E-state index contributed by atoms with van der Waals surface area (Å²) in [6, 6.07) is 5.81. The van der Waals surface area contributed by atoms with Gasteiger partial charge in [0.25, 0.3) is 0 Å². The molecule has 0 aromatic carbocycles. The summed E-state index contributed by atoms with van der Waals surface area (Å²) < 4.78 is 1.71. The number of aryl methyl sites for hydroxylation is 1. The van der Waals surface area contributed by atoms with E-state index in [1.165, 1.54) is 0 Å². The van der Waals surface area contributed by atoms with E-state index >= 15 is 0 Å². The van der Waals surface area contributed by atoms with Crippen LogP contribution in [-0.2, 0) is 4.79 Å². The van der Waals surface area contributed by atoms with E-state index in [4.69, 9.17) is 0 Å². The second kappa shape index (κ2) is 6.36. The van der Waals surface area contributed by atoms with Crippen LogP contribution in [-0.4, -0.2) is 57.0 Å². The van der Waals surface area contributed by atoms with Gasteiger partial charge in [0.15, 0.2) is 11.6 Å². The van der Waals surface area contributed by atoms with Crippen LogP contribution in [0.3, 0.4) is 0 Å². The van der Waals surface area contributed by atoms with Crippen molar-refractivity contribution in [3.8, 4) is 5.82 Å². The van der Waals surface area contributed by atoms with E-state index in [1.807, 2.05) is 50.1 Å². The predicted molar refractivity (Wildman–Crippen MR) is 87.5 cm³/mol. The maximum absolute atomic E-state index is 12.0. The first-order valence-electron chi connectivity index (χ1n) is 7.94. The second-order valence-electron chi connectivity index (χ2n) is 6.12. The molecule has 23 heavy (non-hydrogen) atoms. The lowest BCUT2D eigenvalue weighted by Crippen LogP contribution is -2.50. The van der Waals surface area contributed by atoms with Gasteiger partial charge in [0.2, 0.25) is 5.91 Å². The van der Waals surface area contributed by atoms with Crippen LogP contribution in [0.4, 0.5) is 5.82 Å². The molecule has 3 heterocycles. The number of rotatable bonds is 3. The topological polar surface area (TPSA) is 67.2 Å². The van der Waals surface area contributed by atoms with Gasteiger partial charge in [-0.1, -0.05) is 13.8 Å². The molecule has 1 aliphatic rings. The Hall–Kier alpha value is -2.44. The van der Waals surface area contributed by atoms with Crippen molar-refractivity contribution in [1.82, 2.24) is 24.9 Å². The standard InChI is InChI=1S/C16H22N6O/c1-12(2)16(23)21-10-8-20(9-11-21)14-4-5-15(18-17-14)22-7-6-13(3)19-22/h4-7,12H,8-11H2,1-3H3. The minimum atomic E-state index is 0.0538. The molecule has 0 saturated carbocycles. The van der Waals surface area contributed by atoms with Crippen molar-refractivity contribution in [2.75, 3.05) is 31.1 Å². The second-order valence-corrected chi connectivity index (χ2v) is 6.12. The molecule has 0 bridgehead atoms. The fourth-order valence-corrected chi connectivity index (χ4v) is 2.67. The van der Waals surface area contributed by atoms with Gasteiger partial charge in [-0.05, 0) is 25.1 Å². The lowest BCUT2D eigenvalue weighted by atomic mass is 10.1. The Balaban J connectivity index is 1.64. The molecule has 2 aromatic rings. The summed E-state index contributed by atoms with van der Waals surface area (Å²) in [6.45, 7) is 8.86. The quantitative estimate of drug-likeness (QED) is 0.853. The van der Waals surface area contributed by atoms with Gasteiger partial charge in [0, 0.05) is 38.3 Å². The van der Waals surface area contributed by atoms with Crippen molar-refractivity contribution in [1.29, 1.82) is 0 Å². The van der Waals surface area contributed by atoms with Crippen LogP contribution in [0.5, 0.6) is 0 Å². The van der Waals surface area contributed by atoms with Crippen molar-refractivity contribution >= 4 is 11.7 Å². The highest BCUT2D eigenvalue weighted by atomic mass is 16.2. The van der Waals surface area contributed by atoms with Crippen LogP contribution in [0.15, 0.2) is 24.4 Å². The molecule has 2 aromatic heterocycles. The van der Waals surface area contributed by atoms with E-state index in [0.29, 0.717) is 5.82 Å². The maximum Gasteiger partial charge on any atom is 0.225 e. The van der Waals surface area contributed by atoms with Crippen LogP contribution in [0.2, 0.25) is 0 Å². The summed E-state index contributed by atoms with van der Waals surface area (Å²) in [5, 5.41) is 12.9. The Kier molecular flexibility index (Phi) is 4.27. The lowest BCUT2D eigenvalue weighted by Gasteiger charge is -2.36. The number of carbonyl (C=O) groups excluding carboxylic acids is 1. The molecule has 1 aliphatic heterocycles. The highest BCUT2D eigenvalue weighted by Gasteiger charge is 2.23. The van der Waals surface area contributed by atoms with E-state index in [2.05, 4.69) is 20.2 Å². The molecule has 0 spiro atoms.